The molecule has 2 aromatic rings. The van der Waals surface area contributed by atoms with Gasteiger partial charge in [-0.1, -0.05) is 12.5 Å². The minimum atomic E-state index is -0.169. The topological polar surface area (TPSA) is 45.2 Å². The molecule has 1 amide bonds. The highest BCUT2D eigenvalue weighted by molar-refractivity contribution is 9.10. The van der Waals surface area contributed by atoms with E-state index in [0.29, 0.717) is 5.69 Å². The number of halogens is 1. The predicted octanol–water partition coefficient (Wildman–Crippen LogP) is 4.05. The zero-order valence-corrected chi connectivity index (χ0v) is 15.8. The summed E-state index contributed by atoms with van der Waals surface area (Å²) in [5.74, 6) is -0.169. The minimum absolute atomic E-state index is 0.169. The molecule has 1 saturated carbocycles. The van der Waals surface area contributed by atoms with Gasteiger partial charge in [0.25, 0.3) is 5.91 Å². The van der Waals surface area contributed by atoms with Crippen molar-refractivity contribution in [2.75, 3.05) is 18.4 Å². The average Bonchev–Trinajstić information content (AvgIpc) is 2.77. The van der Waals surface area contributed by atoms with Gasteiger partial charge in [0.1, 0.15) is 5.69 Å². The fourth-order valence-corrected chi connectivity index (χ4v) is 3.88. The van der Waals surface area contributed by atoms with Crippen molar-refractivity contribution in [3.8, 4) is 0 Å². The number of hydrogen-bond acceptors (Lipinski definition) is 3. The van der Waals surface area contributed by atoms with E-state index in [-0.39, 0.29) is 5.91 Å². The molecular formula is C20H22BrN3O. The molecule has 5 heteroatoms. The van der Waals surface area contributed by atoms with Crippen LogP contribution in [0.1, 0.15) is 40.9 Å². The third kappa shape index (κ3) is 3.77. The van der Waals surface area contributed by atoms with E-state index in [4.69, 9.17) is 0 Å². The summed E-state index contributed by atoms with van der Waals surface area (Å²) in [4.78, 5) is 19.2. The second-order valence-corrected chi connectivity index (χ2v) is 7.84. The van der Waals surface area contributed by atoms with Gasteiger partial charge >= 0.3 is 0 Å². The maximum Gasteiger partial charge on any atom is 0.274 e. The number of fused-ring (bicyclic) bond motifs is 1. The van der Waals surface area contributed by atoms with Crippen molar-refractivity contribution in [1.82, 2.24) is 9.88 Å². The van der Waals surface area contributed by atoms with Crippen LogP contribution < -0.4 is 5.32 Å². The van der Waals surface area contributed by atoms with Crippen LogP contribution in [0.4, 0.5) is 5.69 Å². The molecule has 4 nitrogen and oxygen atoms in total. The van der Waals surface area contributed by atoms with E-state index >= 15 is 0 Å². The number of hydrogen-bond donors (Lipinski definition) is 1. The van der Waals surface area contributed by atoms with E-state index in [2.05, 4.69) is 43.3 Å². The standard InChI is InChI=1S/C20H22BrN3O/c21-16-5-7-19(22-13-16)20(25)23-17-6-4-14-8-10-24(18-2-1-3-18)11-9-15(14)12-17/h4-7,12-13,18H,1-3,8-11H2,(H,23,25). The van der Waals surface area contributed by atoms with Crippen LogP contribution in [0, 0.1) is 0 Å². The van der Waals surface area contributed by atoms with Gasteiger partial charge in [-0.15, -0.1) is 0 Å². The molecule has 1 fully saturated rings. The summed E-state index contributed by atoms with van der Waals surface area (Å²) >= 11 is 3.34. The van der Waals surface area contributed by atoms with Crippen molar-refractivity contribution in [3.05, 3.63) is 57.8 Å². The Balaban J connectivity index is 1.45. The van der Waals surface area contributed by atoms with Crippen molar-refractivity contribution in [2.24, 2.45) is 0 Å². The molecular weight excluding hydrogens is 378 g/mol. The van der Waals surface area contributed by atoms with E-state index in [1.165, 1.54) is 30.4 Å². The Morgan fingerprint density at radius 1 is 1.12 bits per heavy atom. The van der Waals surface area contributed by atoms with Crippen LogP contribution in [0.25, 0.3) is 0 Å². The summed E-state index contributed by atoms with van der Waals surface area (Å²) in [5.41, 5.74) is 4.06. The molecule has 1 aliphatic carbocycles. The lowest BCUT2D eigenvalue weighted by Gasteiger charge is -2.36. The first-order valence-corrected chi connectivity index (χ1v) is 9.77. The first-order valence-electron chi connectivity index (χ1n) is 8.98. The summed E-state index contributed by atoms with van der Waals surface area (Å²) < 4.78 is 0.866. The van der Waals surface area contributed by atoms with Gasteiger partial charge in [-0.05, 0) is 77.0 Å². The largest absolute Gasteiger partial charge is 0.321 e. The van der Waals surface area contributed by atoms with Gasteiger partial charge in [0, 0.05) is 35.5 Å². The molecule has 0 radical (unpaired) electrons. The lowest BCUT2D eigenvalue weighted by atomic mass is 9.91. The monoisotopic (exact) mass is 399 g/mol. The van der Waals surface area contributed by atoms with Crippen molar-refractivity contribution in [3.63, 3.8) is 0 Å². The molecule has 0 bridgehead atoms. The van der Waals surface area contributed by atoms with Crippen molar-refractivity contribution < 1.29 is 4.79 Å². The first kappa shape index (κ1) is 16.7. The highest BCUT2D eigenvalue weighted by atomic mass is 79.9. The Morgan fingerprint density at radius 3 is 2.60 bits per heavy atom. The highest BCUT2D eigenvalue weighted by Crippen LogP contribution is 2.28. The molecule has 4 rings (SSSR count). The quantitative estimate of drug-likeness (QED) is 0.846. The van der Waals surface area contributed by atoms with Crippen LogP contribution >= 0.6 is 15.9 Å². The van der Waals surface area contributed by atoms with Crippen molar-refractivity contribution >= 4 is 27.5 Å². The van der Waals surface area contributed by atoms with Crippen LogP contribution in [-0.4, -0.2) is 34.9 Å². The lowest BCUT2D eigenvalue weighted by Crippen LogP contribution is -2.41. The summed E-state index contributed by atoms with van der Waals surface area (Å²) in [6, 6.07) is 10.7. The van der Waals surface area contributed by atoms with Crippen LogP contribution in [0.2, 0.25) is 0 Å². The van der Waals surface area contributed by atoms with E-state index in [0.717, 1.165) is 42.1 Å². The Bertz CT molecular complexity index is 771. The molecule has 130 valence electrons. The number of amides is 1. The van der Waals surface area contributed by atoms with Crippen molar-refractivity contribution in [1.29, 1.82) is 0 Å². The number of anilines is 1. The van der Waals surface area contributed by atoms with Gasteiger partial charge in [0.15, 0.2) is 0 Å². The SMILES string of the molecule is O=C(Nc1ccc2c(c1)CCN(C1CCC1)CC2)c1ccc(Br)cn1. The predicted molar refractivity (Wildman–Crippen MR) is 103 cm³/mol. The number of carbonyl (C=O) groups excluding carboxylic acids is 1. The maximum atomic E-state index is 12.4. The number of benzene rings is 1. The number of aromatic nitrogens is 1. The Kier molecular flexibility index (Phi) is 4.86. The number of nitrogens with one attached hydrogen (secondary N) is 1. The molecule has 2 aliphatic rings. The second-order valence-electron chi connectivity index (χ2n) is 6.92. The summed E-state index contributed by atoms with van der Waals surface area (Å²) in [5, 5.41) is 2.97. The zero-order chi connectivity index (χ0) is 17.2. The number of rotatable bonds is 3. The summed E-state index contributed by atoms with van der Waals surface area (Å²) in [7, 11) is 0. The molecule has 0 spiro atoms. The van der Waals surface area contributed by atoms with Gasteiger partial charge in [0.2, 0.25) is 0 Å². The number of carbonyl (C=O) groups is 1. The smallest absolute Gasteiger partial charge is 0.274 e. The van der Waals surface area contributed by atoms with Crippen LogP contribution in [0.15, 0.2) is 41.0 Å². The Labute approximate surface area is 156 Å². The molecule has 1 aromatic heterocycles. The van der Waals surface area contributed by atoms with E-state index < -0.39 is 0 Å². The molecule has 0 saturated heterocycles. The molecule has 0 unspecified atom stereocenters. The zero-order valence-electron chi connectivity index (χ0n) is 14.2. The van der Waals surface area contributed by atoms with Crippen LogP contribution in [0.3, 0.4) is 0 Å². The molecule has 0 atom stereocenters. The maximum absolute atomic E-state index is 12.4. The van der Waals surface area contributed by atoms with Gasteiger partial charge in [0.05, 0.1) is 0 Å². The third-order valence-electron chi connectivity index (χ3n) is 5.35. The van der Waals surface area contributed by atoms with Crippen LogP contribution in [-0.2, 0) is 12.8 Å². The molecule has 1 aromatic carbocycles. The first-order chi connectivity index (χ1) is 12.2. The second kappa shape index (κ2) is 7.26. The number of pyridine rings is 1. The number of nitrogens with zero attached hydrogens (tertiary/aromatic N) is 2. The summed E-state index contributed by atoms with van der Waals surface area (Å²) in [6.45, 7) is 2.29. The lowest BCUT2D eigenvalue weighted by molar-refractivity contribution is 0.102. The highest BCUT2D eigenvalue weighted by Gasteiger charge is 2.26. The summed E-state index contributed by atoms with van der Waals surface area (Å²) in [6.07, 6.45) is 7.91. The fraction of sp³-hybridized carbons (Fsp3) is 0.400. The average molecular weight is 400 g/mol. The van der Waals surface area contributed by atoms with E-state index in [1.807, 2.05) is 12.1 Å². The molecule has 1 N–H and O–H groups in total. The molecule has 25 heavy (non-hydrogen) atoms. The van der Waals surface area contributed by atoms with Gasteiger partial charge in [-0.25, -0.2) is 4.98 Å². The van der Waals surface area contributed by atoms with Crippen molar-refractivity contribution in [2.45, 2.75) is 38.1 Å². The third-order valence-corrected chi connectivity index (χ3v) is 5.82. The van der Waals surface area contributed by atoms with E-state index in [1.54, 1.807) is 12.3 Å². The molecule has 2 heterocycles. The molecule has 1 aliphatic heterocycles. The normalized spacial score (nSPS) is 18.1. The Morgan fingerprint density at radius 2 is 1.92 bits per heavy atom. The van der Waals surface area contributed by atoms with Gasteiger partial charge < -0.3 is 5.32 Å². The van der Waals surface area contributed by atoms with Gasteiger partial charge in [-0.2, -0.15) is 0 Å². The Hall–Kier alpha value is -1.72. The minimum Gasteiger partial charge on any atom is -0.321 e. The van der Waals surface area contributed by atoms with Gasteiger partial charge in [-0.3, -0.25) is 9.69 Å². The van der Waals surface area contributed by atoms with Crippen LogP contribution in [0.5, 0.6) is 0 Å². The van der Waals surface area contributed by atoms with E-state index in [9.17, 15) is 4.79 Å². The fourth-order valence-electron chi connectivity index (χ4n) is 3.64.